The summed E-state index contributed by atoms with van der Waals surface area (Å²) in [6, 6.07) is 0. The molecule has 0 radical (unpaired) electrons. The molecule has 11 heavy (non-hydrogen) atoms. The molecular weight excluding hydrogens is 132 g/mol. The molecule has 4 aliphatic rings. The highest BCUT2D eigenvalue weighted by atomic mass is 14.7. The molecule has 0 aliphatic heterocycles. The van der Waals surface area contributed by atoms with E-state index in [2.05, 4.69) is 13.8 Å². The summed E-state index contributed by atoms with van der Waals surface area (Å²) in [5.41, 5.74) is 1.58. The zero-order valence-electron chi connectivity index (χ0n) is 7.69. The third kappa shape index (κ3) is 0.522. The Bertz CT molecular complexity index is 196. The molecule has 0 aromatic carbocycles. The second-order valence-corrected chi connectivity index (χ2v) is 5.59. The molecule has 4 rings (SSSR count). The van der Waals surface area contributed by atoms with Crippen molar-refractivity contribution in [3.63, 3.8) is 0 Å². The quantitative estimate of drug-likeness (QED) is 0.538. The van der Waals surface area contributed by atoms with Crippen LogP contribution in [0.5, 0.6) is 0 Å². The Morgan fingerprint density at radius 1 is 1.00 bits per heavy atom. The molecule has 4 fully saturated rings. The molecule has 2 bridgehead atoms. The third-order valence-corrected chi connectivity index (χ3v) is 5.21. The molecule has 2 unspecified atom stereocenters. The second kappa shape index (κ2) is 1.53. The average molecular weight is 150 g/mol. The first kappa shape index (κ1) is 6.51. The van der Waals surface area contributed by atoms with Gasteiger partial charge in [-0.05, 0) is 54.8 Å². The maximum Gasteiger partial charge on any atom is -0.0212 e. The summed E-state index contributed by atoms with van der Waals surface area (Å²) in [4.78, 5) is 0. The monoisotopic (exact) mass is 150 g/mol. The van der Waals surface area contributed by atoms with Crippen molar-refractivity contribution in [3.8, 4) is 0 Å². The molecule has 0 N–H and O–H groups in total. The Morgan fingerprint density at radius 2 is 1.73 bits per heavy atom. The van der Waals surface area contributed by atoms with E-state index in [1.54, 1.807) is 32.1 Å². The van der Waals surface area contributed by atoms with E-state index < -0.39 is 0 Å². The van der Waals surface area contributed by atoms with Crippen LogP contribution in [0.1, 0.15) is 46.0 Å². The number of rotatable bonds is 1. The van der Waals surface area contributed by atoms with Crippen molar-refractivity contribution in [3.05, 3.63) is 0 Å². The fourth-order valence-electron chi connectivity index (χ4n) is 4.09. The number of fused-ring (bicyclic) bond motifs is 1. The molecule has 0 aromatic rings. The van der Waals surface area contributed by atoms with E-state index in [1.165, 1.54) is 0 Å². The van der Waals surface area contributed by atoms with Crippen LogP contribution in [0.4, 0.5) is 0 Å². The summed E-state index contributed by atoms with van der Waals surface area (Å²) in [7, 11) is 0. The molecule has 0 nitrogen and oxygen atoms in total. The van der Waals surface area contributed by atoms with E-state index in [9.17, 15) is 0 Å². The lowest BCUT2D eigenvalue weighted by molar-refractivity contribution is -0.0731. The van der Waals surface area contributed by atoms with Gasteiger partial charge < -0.3 is 0 Å². The minimum absolute atomic E-state index is 0.730. The minimum atomic E-state index is 0.730. The number of hydrogen-bond acceptors (Lipinski definition) is 0. The molecule has 0 heteroatoms. The van der Waals surface area contributed by atoms with Gasteiger partial charge in [-0.3, -0.25) is 0 Å². The van der Waals surface area contributed by atoms with Crippen molar-refractivity contribution in [2.24, 2.45) is 22.7 Å². The summed E-state index contributed by atoms with van der Waals surface area (Å²) in [6.07, 6.45) is 7.80. The maximum atomic E-state index is 2.52. The first-order chi connectivity index (χ1) is 5.17. The lowest BCUT2D eigenvalue weighted by Gasteiger charge is -2.56. The highest BCUT2D eigenvalue weighted by molar-refractivity contribution is 5.17. The summed E-state index contributed by atoms with van der Waals surface area (Å²) >= 11 is 0. The van der Waals surface area contributed by atoms with Gasteiger partial charge in [-0.2, -0.15) is 0 Å². The van der Waals surface area contributed by atoms with Gasteiger partial charge >= 0.3 is 0 Å². The fourth-order valence-corrected chi connectivity index (χ4v) is 4.09. The largest absolute Gasteiger partial charge is 0.0591 e. The van der Waals surface area contributed by atoms with Crippen LogP contribution in [0.15, 0.2) is 0 Å². The SMILES string of the molecule is CC1(C)C2CCC1(C1CC1)C2. The van der Waals surface area contributed by atoms with Crippen molar-refractivity contribution < 1.29 is 0 Å². The normalized spacial score (nSPS) is 52.4. The predicted molar refractivity (Wildman–Crippen MR) is 46.3 cm³/mol. The molecule has 0 spiro atoms. The van der Waals surface area contributed by atoms with E-state index in [0.29, 0.717) is 0 Å². The zero-order valence-corrected chi connectivity index (χ0v) is 7.69. The Kier molecular flexibility index (Phi) is 0.906. The smallest absolute Gasteiger partial charge is 0.0212 e. The van der Waals surface area contributed by atoms with Gasteiger partial charge in [0.25, 0.3) is 0 Å². The Balaban J connectivity index is 1.97. The average Bonchev–Trinajstić information content (AvgIpc) is 2.64. The molecular formula is C11H18. The molecule has 4 aliphatic carbocycles. The van der Waals surface area contributed by atoms with E-state index in [0.717, 1.165) is 22.7 Å². The van der Waals surface area contributed by atoms with Gasteiger partial charge in [0.15, 0.2) is 0 Å². The van der Waals surface area contributed by atoms with Crippen LogP contribution in [-0.4, -0.2) is 0 Å². The van der Waals surface area contributed by atoms with Crippen LogP contribution in [-0.2, 0) is 0 Å². The first-order valence-electron chi connectivity index (χ1n) is 5.17. The zero-order chi connectivity index (χ0) is 7.69. The third-order valence-electron chi connectivity index (χ3n) is 5.21. The highest BCUT2D eigenvalue weighted by Crippen LogP contribution is 2.77. The summed E-state index contributed by atoms with van der Waals surface area (Å²) < 4.78 is 0. The summed E-state index contributed by atoms with van der Waals surface area (Å²) in [5, 5.41) is 0. The Labute approximate surface area is 69.4 Å². The van der Waals surface area contributed by atoms with Gasteiger partial charge in [0.2, 0.25) is 0 Å². The van der Waals surface area contributed by atoms with Gasteiger partial charge in [-0.1, -0.05) is 13.8 Å². The number of hydrogen-bond donors (Lipinski definition) is 0. The Hall–Kier alpha value is 0. The van der Waals surface area contributed by atoms with E-state index in [4.69, 9.17) is 0 Å². The minimum Gasteiger partial charge on any atom is -0.0591 e. The van der Waals surface area contributed by atoms with Crippen molar-refractivity contribution in [2.45, 2.75) is 46.0 Å². The molecule has 0 aromatic heterocycles. The van der Waals surface area contributed by atoms with Gasteiger partial charge in [0, 0.05) is 0 Å². The van der Waals surface area contributed by atoms with Crippen LogP contribution in [0.3, 0.4) is 0 Å². The van der Waals surface area contributed by atoms with Crippen LogP contribution >= 0.6 is 0 Å². The summed E-state index contributed by atoms with van der Waals surface area (Å²) in [5.74, 6) is 2.25. The first-order valence-corrected chi connectivity index (χ1v) is 5.17. The van der Waals surface area contributed by atoms with Crippen LogP contribution in [0.2, 0.25) is 0 Å². The standard InChI is InChI=1S/C11H18/c1-10(2)9-5-6-11(10,7-9)8-3-4-8/h8-9H,3-7H2,1-2H3. The van der Waals surface area contributed by atoms with Crippen molar-refractivity contribution in [1.82, 2.24) is 0 Å². The molecule has 62 valence electrons. The van der Waals surface area contributed by atoms with Crippen molar-refractivity contribution >= 4 is 0 Å². The molecule has 0 heterocycles. The van der Waals surface area contributed by atoms with Crippen molar-refractivity contribution in [1.29, 1.82) is 0 Å². The fraction of sp³-hybridized carbons (Fsp3) is 1.00. The van der Waals surface area contributed by atoms with E-state index in [1.807, 2.05) is 0 Å². The van der Waals surface area contributed by atoms with Crippen molar-refractivity contribution in [2.75, 3.05) is 0 Å². The molecule has 2 atom stereocenters. The van der Waals surface area contributed by atoms with Crippen LogP contribution < -0.4 is 0 Å². The molecule has 0 amide bonds. The van der Waals surface area contributed by atoms with Crippen LogP contribution in [0, 0.1) is 22.7 Å². The Morgan fingerprint density at radius 3 is 2.09 bits per heavy atom. The lowest BCUT2D eigenvalue weighted by atomic mass is 9.49. The second-order valence-electron chi connectivity index (χ2n) is 5.59. The van der Waals surface area contributed by atoms with E-state index in [-0.39, 0.29) is 0 Å². The van der Waals surface area contributed by atoms with Gasteiger partial charge in [-0.15, -0.1) is 0 Å². The van der Waals surface area contributed by atoms with E-state index >= 15 is 0 Å². The highest BCUT2D eigenvalue weighted by Gasteiger charge is 2.68. The van der Waals surface area contributed by atoms with Gasteiger partial charge in [-0.25, -0.2) is 0 Å². The van der Waals surface area contributed by atoms with Gasteiger partial charge in [0.1, 0.15) is 0 Å². The van der Waals surface area contributed by atoms with Crippen LogP contribution in [0.25, 0.3) is 0 Å². The lowest BCUT2D eigenvalue weighted by Crippen LogP contribution is -2.49. The summed E-state index contributed by atoms with van der Waals surface area (Å²) in [6.45, 7) is 5.04. The molecule has 4 saturated carbocycles. The predicted octanol–water partition coefficient (Wildman–Crippen LogP) is 3.22. The topological polar surface area (TPSA) is 0 Å². The maximum absolute atomic E-state index is 2.52. The van der Waals surface area contributed by atoms with Gasteiger partial charge in [0.05, 0.1) is 0 Å². The molecule has 0 saturated heterocycles.